The number of rotatable bonds is 5. The van der Waals surface area contributed by atoms with E-state index in [0.29, 0.717) is 28.5 Å². The molecule has 0 spiro atoms. The molecule has 0 atom stereocenters. The molecule has 0 bridgehead atoms. The Balaban J connectivity index is 1.42. The average Bonchev–Trinajstić information content (AvgIpc) is 3.34. The first-order valence-electron chi connectivity index (χ1n) is 11.0. The van der Waals surface area contributed by atoms with Crippen LogP contribution in [0.25, 0.3) is 11.5 Å². The zero-order valence-corrected chi connectivity index (χ0v) is 18.3. The van der Waals surface area contributed by atoms with E-state index in [2.05, 4.69) is 25.5 Å². The van der Waals surface area contributed by atoms with E-state index in [1.54, 1.807) is 18.2 Å². The smallest absolute Gasteiger partial charge is 0.277 e. The molecule has 2 aromatic heterocycles. The molecular formula is C23H24N6O5. The first kappa shape index (κ1) is 21.7. The van der Waals surface area contributed by atoms with Crippen LogP contribution < -0.4 is 26.0 Å². The number of oxazole rings is 1. The summed E-state index contributed by atoms with van der Waals surface area (Å²) in [5.41, 5.74) is 8.17. The minimum Gasteiger partial charge on any atom is -0.482 e. The number of ether oxygens (including phenoxy) is 1. The van der Waals surface area contributed by atoms with Gasteiger partial charge in [-0.3, -0.25) is 9.59 Å². The van der Waals surface area contributed by atoms with Crippen molar-refractivity contribution in [2.45, 2.75) is 12.8 Å². The van der Waals surface area contributed by atoms with Gasteiger partial charge in [0.15, 0.2) is 12.3 Å². The van der Waals surface area contributed by atoms with Gasteiger partial charge in [-0.15, -0.1) is 0 Å². The summed E-state index contributed by atoms with van der Waals surface area (Å²) in [6, 6.07) is 6.79. The molecule has 1 aromatic carbocycles. The van der Waals surface area contributed by atoms with Gasteiger partial charge in [0.05, 0.1) is 17.1 Å². The van der Waals surface area contributed by atoms with Crippen LogP contribution in [0.2, 0.25) is 0 Å². The zero-order chi connectivity index (χ0) is 23.7. The Morgan fingerprint density at radius 1 is 1.29 bits per heavy atom. The van der Waals surface area contributed by atoms with Crippen LogP contribution in [-0.2, 0) is 4.79 Å². The zero-order valence-electron chi connectivity index (χ0n) is 18.3. The molecule has 5 rings (SSSR count). The summed E-state index contributed by atoms with van der Waals surface area (Å²) >= 11 is 0. The van der Waals surface area contributed by atoms with Crippen LogP contribution in [0.1, 0.15) is 23.3 Å². The van der Waals surface area contributed by atoms with Gasteiger partial charge < -0.3 is 35.5 Å². The van der Waals surface area contributed by atoms with E-state index in [9.17, 15) is 14.7 Å². The average molecular weight is 464 g/mol. The molecule has 2 amide bonds. The van der Waals surface area contributed by atoms with Gasteiger partial charge in [0.2, 0.25) is 5.89 Å². The van der Waals surface area contributed by atoms with Crippen molar-refractivity contribution in [2.24, 2.45) is 5.92 Å². The topological polar surface area (TPSA) is 156 Å². The standard InChI is InChI=1S/C23H24N6O5/c24-20-7-14(1-4-25-20)23-28-17(11-34-23)22(32)27-15-8-16-19(33-12-21(31)26-16)9-18(15)29-5-2-13(10-30)3-6-29/h1,4,7-9,11,13,30H,2-3,5-6,10,12H2,(H2,24,25)(H,26,31)(H,27,32). The number of nitrogen functional groups attached to an aromatic ring is 1. The molecule has 0 aliphatic carbocycles. The molecule has 11 nitrogen and oxygen atoms in total. The molecule has 0 radical (unpaired) electrons. The molecule has 4 heterocycles. The molecule has 1 saturated heterocycles. The highest BCUT2D eigenvalue weighted by molar-refractivity contribution is 6.06. The molecule has 34 heavy (non-hydrogen) atoms. The number of hydrogen-bond donors (Lipinski definition) is 4. The van der Waals surface area contributed by atoms with Crippen LogP contribution >= 0.6 is 0 Å². The normalized spacial score (nSPS) is 15.9. The fraction of sp³-hybridized carbons (Fsp3) is 0.304. The molecule has 3 aromatic rings. The maximum atomic E-state index is 13.1. The van der Waals surface area contributed by atoms with Crippen molar-refractivity contribution >= 4 is 34.7 Å². The number of amides is 2. The second kappa shape index (κ2) is 9.02. The first-order valence-corrected chi connectivity index (χ1v) is 11.0. The maximum Gasteiger partial charge on any atom is 0.277 e. The Morgan fingerprint density at radius 2 is 2.12 bits per heavy atom. The summed E-state index contributed by atoms with van der Waals surface area (Å²) in [7, 11) is 0. The predicted molar refractivity (Wildman–Crippen MR) is 125 cm³/mol. The molecule has 11 heteroatoms. The number of aliphatic hydroxyl groups is 1. The number of pyridine rings is 1. The summed E-state index contributed by atoms with van der Waals surface area (Å²) in [6.45, 7) is 1.54. The van der Waals surface area contributed by atoms with E-state index < -0.39 is 5.91 Å². The van der Waals surface area contributed by atoms with Crippen LogP contribution in [-0.4, -0.2) is 53.2 Å². The Kier molecular flexibility index (Phi) is 5.76. The van der Waals surface area contributed by atoms with Crippen molar-refractivity contribution in [2.75, 3.05) is 47.6 Å². The van der Waals surface area contributed by atoms with E-state index in [1.165, 1.54) is 12.5 Å². The summed E-state index contributed by atoms with van der Waals surface area (Å²) in [5, 5.41) is 15.1. The monoisotopic (exact) mass is 464 g/mol. The van der Waals surface area contributed by atoms with Crippen LogP contribution in [0.3, 0.4) is 0 Å². The van der Waals surface area contributed by atoms with Crippen LogP contribution in [0.15, 0.2) is 41.1 Å². The third-order valence-electron chi connectivity index (χ3n) is 5.96. The molecule has 0 unspecified atom stereocenters. The molecule has 2 aliphatic heterocycles. The number of nitrogens with two attached hydrogens (primary N) is 1. The number of anilines is 4. The first-order chi connectivity index (χ1) is 16.5. The van der Waals surface area contributed by atoms with Gasteiger partial charge in [-0.25, -0.2) is 9.97 Å². The number of nitrogens with zero attached hydrogens (tertiary/aromatic N) is 3. The number of carbonyl (C=O) groups excluding carboxylic acids is 2. The highest BCUT2D eigenvalue weighted by Gasteiger charge is 2.26. The Bertz CT molecular complexity index is 1230. The lowest BCUT2D eigenvalue weighted by Crippen LogP contribution is -2.35. The minimum absolute atomic E-state index is 0.0635. The second-order valence-corrected chi connectivity index (χ2v) is 8.28. The lowest BCUT2D eigenvalue weighted by Gasteiger charge is -2.35. The third kappa shape index (κ3) is 4.37. The molecular weight excluding hydrogens is 440 g/mol. The van der Waals surface area contributed by atoms with E-state index in [0.717, 1.165) is 31.6 Å². The number of piperidine rings is 1. The van der Waals surface area contributed by atoms with Crippen LogP contribution in [0, 0.1) is 5.92 Å². The fourth-order valence-electron chi connectivity index (χ4n) is 4.11. The Morgan fingerprint density at radius 3 is 2.88 bits per heavy atom. The number of benzene rings is 1. The van der Waals surface area contributed by atoms with Crippen molar-refractivity contribution in [3.8, 4) is 17.2 Å². The summed E-state index contributed by atoms with van der Waals surface area (Å²) < 4.78 is 11.1. The van der Waals surface area contributed by atoms with Gasteiger partial charge in [-0.1, -0.05) is 0 Å². The fourth-order valence-corrected chi connectivity index (χ4v) is 4.11. The Hall–Kier alpha value is -4.12. The number of fused-ring (bicyclic) bond motifs is 1. The van der Waals surface area contributed by atoms with E-state index >= 15 is 0 Å². The van der Waals surface area contributed by atoms with Crippen molar-refractivity contribution in [1.29, 1.82) is 0 Å². The Labute approximate surface area is 194 Å². The maximum absolute atomic E-state index is 13.1. The number of carbonyl (C=O) groups is 2. The number of hydrogen-bond acceptors (Lipinski definition) is 9. The van der Waals surface area contributed by atoms with Gasteiger partial charge in [0, 0.05) is 37.5 Å². The van der Waals surface area contributed by atoms with Crippen molar-refractivity contribution < 1.29 is 23.8 Å². The van der Waals surface area contributed by atoms with Gasteiger partial charge >= 0.3 is 0 Å². The lowest BCUT2D eigenvalue weighted by molar-refractivity contribution is -0.118. The third-order valence-corrected chi connectivity index (χ3v) is 5.96. The van der Waals surface area contributed by atoms with E-state index in [4.69, 9.17) is 14.9 Å². The van der Waals surface area contributed by atoms with E-state index in [1.807, 2.05) is 6.07 Å². The van der Waals surface area contributed by atoms with Gasteiger partial charge in [-0.05, 0) is 37.0 Å². The van der Waals surface area contributed by atoms with Gasteiger partial charge in [0.1, 0.15) is 17.8 Å². The summed E-state index contributed by atoms with van der Waals surface area (Å²) in [6.07, 6.45) is 4.47. The quantitative estimate of drug-likeness (QED) is 0.444. The van der Waals surface area contributed by atoms with Crippen molar-refractivity contribution in [1.82, 2.24) is 9.97 Å². The molecule has 176 valence electrons. The molecule has 2 aliphatic rings. The van der Waals surface area contributed by atoms with Gasteiger partial charge in [-0.2, -0.15) is 0 Å². The summed E-state index contributed by atoms with van der Waals surface area (Å²) in [4.78, 5) is 35.2. The minimum atomic E-state index is -0.466. The number of aliphatic hydroxyl groups excluding tert-OH is 1. The van der Waals surface area contributed by atoms with Gasteiger partial charge in [0.25, 0.3) is 11.8 Å². The number of nitrogens with one attached hydrogen (secondary N) is 2. The van der Waals surface area contributed by atoms with Crippen LogP contribution in [0.4, 0.5) is 22.9 Å². The lowest BCUT2D eigenvalue weighted by atomic mass is 9.97. The molecule has 5 N–H and O–H groups in total. The van der Waals surface area contributed by atoms with E-state index in [-0.39, 0.29) is 36.6 Å². The highest BCUT2D eigenvalue weighted by Crippen LogP contribution is 2.40. The predicted octanol–water partition coefficient (Wildman–Crippen LogP) is 2.11. The SMILES string of the molecule is Nc1cc(-c2nc(C(=O)Nc3cc4c(cc3N3CCC(CO)CC3)OCC(=O)N4)co2)ccn1. The number of aromatic nitrogens is 2. The highest BCUT2D eigenvalue weighted by atomic mass is 16.5. The molecule has 0 saturated carbocycles. The summed E-state index contributed by atoms with van der Waals surface area (Å²) in [5.74, 6) is 0.631. The van der Waals surface area contributed by atoms with Crippen molar-refractivity contribution in [3.05, 3.63) is 42.4 Å². The molecule has 1 fully saturated rings. The second-order valence-electron chi connectivity index (χ2n) is 8.28. The van der Waals surface area contributed by atoms with Crippen molar-refractivity contribution in [3.63, 3.8) is 0 Å². The largest absolute Gasteiger partial charge is 0.482 e. The van der Waals surface area contributed by atoms with Crippen LogP contribution in [0.5, 0.6) is 5.75 Å².